The summed E-state index contributed by atoms with van der Waals surface area (Å²) in [5, 5.41) is 4.83. The minimum absolute atomic E-state index is 0.0429. The standard InChI is InChI=1S/C35H46N2O6Si/c1-34(2,3)42-33(40)37-22-12-15-27(41-32(39)29-17-11-14-24-13-9-10-16-28(24)29)23-30(37)36-31(38)25-18-20-26(21-19-25)43-44(7,8)35(4,5)6/h9-11,13-14,16-21,27,30H,12,15,22-23H2,1-8H3,(H,36,38). The lowest BCUT2D eigenvalue weighted by molar-refractivity contribution is 0.00673. The van der Waals surface area contributed by atoms with Crippen LogP contribution in [0.15, 0.2) is 66.7 Å². The molecule has 44 heavy (non-hydrogen) atoms. The van der Waals surface area contributed by atoms with Gasteiger partial charge in [0.1, 0.15) is 23.6 Å². The molecule has 1 saturated heterocycles. The summed E-state index contributed by atoms with van der Waals surface area (Å²) in [7, 11) is -2.03. The summed E-state index contributed by atoms with van der Waals surface area (Å²) >= 11 is 0. The van der Waals surface area contributed by atoms with E-state index in [9.17, 15) is 14.4 Å². The SMILES string of the molecule is CC(C)(C)OC(=O)N1CCCC(OC(=O)c2cccc3ccccc23)CC1NC(=O)c1ccc(O[Si](C)(C)C(C)(C)C)cc1. The summed E-state index contributed by atoms with van der Waals surface area (Å²) in [6, 6.07) is 20.3. The van der Waals surface area contributed by atoms with Crippen molar-refractivity contribution in [2.75, 3.05) is 6.54 Å². The maximum Gasteiger partial charge on any atom is 0.411 e. The van der Waals surface area contributed by atoms with Crippen LogP contribution in [-0.4, -0.2) is 55.6 Å². The topological polar surface area (TPSA) is 94.2 Å². The Hall–Kier alpha value is -3.85. The lowest BCUT2D eigenvalue weighted by Crippen LogP contribution is -2.52. The van der Waals surface area contributed by atoms with Crippen LogP contribution in [0, 0.1) is 0 Å². The molecule has 236 valence electrons. The molecule has 1 fully saturated rings. The molecule has 1 aliphatic rings. The van der Waals surface area contributed by atoms with E-state index in [-0.39, 0.29) is 17.4 Å². The minimum atomic E-state index is -2.03. The van der Waals surface area contributed by atoms with E-state index in [4.69, 9.17) is 13.9 Å². The van der Waals surface area contributed by atoms with Crippen LogP contribution >= 0.6 is 0 Å². The Morgan fingerprint density at radius 3 is 2.20 bits per heavy atom. The zero-order valence-electron chi connectivity index (χ0n) is 27.2. The fourth-order valence-electron chi connectivity index (χ4n) is 4.90. The highest BCUT2D eigenvalue weighted by atomic mass is 28.4. The third-order valence-corrected chi connectivity index (χ3v) is 12.7. The van der Waals surface area contributed by atoms with Gasteiger partial charge in [0, 0.05) is 18.5 Å². The van der Waals surface area contributed by atoms with E-state index in [1.807, 2.05) is 48.5 Å². The van der Waals surface area contributed by atoms with Crippen molar-refractivity contribution in [1.82, 2.24) is 10.2 Å². The zero-order valence-corrected chi connectivity index (χ0v) is 28.2. The Bertz CT molecular complexity index is 1480. The van der Waals surface area contributed by atoms with Gasteiger partial charge in [0.25, 0.3) is 5.91 Å². The van der Waals surface area contributed by atoms with E-state index in [1.54, 1.807) is 39.0 Å². The van der Waals surface area contributed by atoms with Crippen molar-refractivity contribution in [2.24, 2.45) is 0 Å². The first-order valence-corrected chi connectivity index (χ1v) is 18.2. The third kappa shape index (κ3) is 8.19. The molecule has 1 heterocycles. The molecular formula is C35H46N2O6Si. The van der Waals surface area contributed by atoms with Crippen molar-refractivity contribution >= 4 is 37.1 Å². The predicted molar refractivity (Wildman–Crippen MR) is 175 cm³/mol. The molecule has 0 saturated carbocycles. The molecule has 2 amide bonds. The van der Waals surface area contributed by atoms with Gasteiger partial charge in [-0.2, -0.15) is 0 Å². The number of nitrogens with zero attached hydrogens (tertiary/aromatic N) is 1. The van der Waals surface area contributed by atoms with Gasteiger partial charge in [-0.05, 0) is 92.8 Å². The molecule has 2 unspecified atom stereocenters. The van der Waals surface area contributed by atoms with Crippen molar-refractivity contribution in [1.29, 1.82) is 0 Å². The van der Waals surface area contributed by atoms with Gasteiger partial charge in [0.15, 0.2) is 0 Å². The van der Waals surface area contributed by atoms with Gasteiger partial charge in [-0.25, -0.2) is 9.59 Å². The van der Waals surface area contributed by atoms with Crippen molar-refractivity contribution in [2.45, 2.75) is 96.8 Å². The number of carbonyl (C=O) groups is 3. The number of nitrogens with one attached hydrogen (secondary N) is 1. The Morgan fingerprint density at radius 2 is 1.55 bits per heavy atom. The summed E-state index contributed by atoms with van der Waals surface area (Å²) in [6.45, 7) is 16.6. The maximum absolute atomic E-state index is 13.5. The first kappa shape index (κ1) is 33.0. The van der Waals surface area contributed by atoms with E-state index >= 15 is 0 Å². The summed E-state index contributed by atoms with van der Waals surface area (Å²) in [5.74, 6) is -0.0539. The highest BCUT2D eigenvalue weighted by Gasteiger charge is 2.39. The molecule has 2 atom stereocenters. The second kappa shape index (κ2) is 13.0. The average molecular weight is 619 g/mol. The van der Waals surface area contributed by atoms with Crippen LogP contribution in [0.25, 0.3) is 10.8 Å². The number of amides is 2. The number of fused-ring (bicyclic) bond motifs is 1. The predicted octanol–water partition coefficient (Wildman–Crippen LogP) is 7.93. The number of carbonyl (C=O) groups excluding carboxylic acids is 3. The third-order valence-electron chi connectivity index (χ3n) is 8.29. The largest absolute Gasteiger partial charge is 0.544 e. The highest BCUT2D eigenvalue weighted by Crippen LogP contribution is 2.37. The number of hydrogen-bond acceptors (Lipinski definition) is 6. The molecule has 9 heteroatoms. The van der Waals surface area contributed by atoms with Crippen LogP contribution in [0.5, 0.6) is 5.75 Å². The number of esters is 1. The van der Waals surface area contributed by atoms with E-state index in [0.29, 0.717) is 30.5 Å². The molecule has 1 aliphatic heterocycles. The van der Waals surface area contributed by atoms with Gasteiger partial charge in [-0.15, -0.1) is 0 Å². The van der Waals surface area contributed by atoms with Crippen molar-refractivity contribution in [3.8, 4) is 5.75 Å². The second-order valence-electron chi connectivity index (χ2n) is 14.0. The smallest absolute Gasteiger partial charge is 0.411 e. The molecule has 1 N–H and O–H groups in total. The zero-order chi connectivity index (χ0) is 32.3. The lowest BCUT2D eigenvalue weighted by atomic mass is 10.0. The van der Waals surface area contributed by atoms with E-state index in [2.05, 4.69) is 39.2 Å². The number of likely N-dealkylation sites (tertiary alicyclic amines) is 1. The summed E-state index contributed by atoms with van der Waals surface area (Å²) in [5.41, 5.74) is 0.209. The van der Waals surface area contributed by atoms with Crippen LogP contribution in [-0.2, 0) is 9.47 Å². The Labute approximate surface area is 262 Å². The van der Waals surface area contributed by atoms with Gasteiger partial charge < -0.3 is 19.2 Å². The maximum atomic E-state index is 13.5. The molecule has 0 radical (unpaired) electrons. The molecule has 8 nitrogen and oxygen atoms in total. The number of benzene rings is 3. The number of ether oxygens (including phenoxy) is 2. The van der Waals surface area contributed by atoms with E-state index in [0.717, 1.165) is 16.5 Å². The van der Waals surface area contributed by atoms with Crippen LogP contribution in [0.4, 0.5) is 4.79 Å². The van der Waals surface area contributed by atoms with Crippen LogP contribution in [0.1, 0.15) is 81.5 Å². The van der Waals surface area contributed by atoms with Crippen molar-refractivity contribution in [3.05, 3.63) is 77.9 Å². The summed E-state index contributed by atoms with van der Waals surface area (Å²) in [4.78, 5) is 41.7. The Balaban J connectivity index is 1.53. The van der Waals surface area contributed by atoms with Crippen LogP contribution < -0.4 is 9.74 Å². The van der Waals surface area contributed by atoms with Gasteiger partial charge in [0.05, 0.1) is 5.56 Å². The Morgan fingerprint density at radius 1 is 0.886 bits per heavy atom. The monoisotopic (exact) mass is 618 g/mol. The highest BCUT2D eigenvalue weighted by molar-refractivity contribution is 6.74. The second-order valence-corrected chi connectivity index (χ2v) is 18.7. The molecule has 4 rings (SSSR count). The van der Waals surface area contributed by atoms with Gasteiger partial charge in [0.2, 0.25) is 8.32 Å². The lowest BCUT2D eigenvalue weighted by Gasteiger charge is -2.36. The fourth-order valence-corrected chi connectivity index (χ4v) is 5.93. The number of hydrogen-bond donors (Lipinski definition) is 1. The molecule has 0 aromatic heterocycles. The molecule has 3 aromatic carbocycles. The van der Waals surface area contributed by atoms with Gasteiger partial charge >= 0.3 is 12.1 Å². The summed E-state index contributed by atoms with van der Waals surface area (Å²) < 4.78 is 18.1. The first-order valence-electron chi connectivity index (χ1n) is 15.3. The molecule has 0 bridgehead atoms. The fraction of sp³-hybridized carbons (Fsp3) is 0.457. The van der Waals surface area contributed by atoms with Gasteiger partial charge in [-0.1, -0.05) is 57.2 Å². The quantitative estimate of drug-likeness (QED) is 0.223. The first-order chi connectivity index (χ1) is 20.5. The molecule has 3 aromatic rings. The van der Waals surface area contributed by atoms with Crippen molar-refractivity contribution in [3.63, 3.8) is 0 Å². The minimum Gasteiger partial charge on any atom is -0.544 e. The van der Waals surface area contributed by atoms with Gasteiger partial charge in [-0.3, -0.25) is 9.69 Å². The van der Waals surface area contributed by atoms with Crippen molar-refractivity contribution < 1.29 is 28.3 Å². The van der Waals surface area contributed by atoms with E-state index < -0.39 is 38.3 Å². The molecule has 0 spiro atoms. The summed E-state index contributed by atoms with van der Waals surface area (Å²) in [6.07, 6.45) is -0.427. The average Bonchev–Trinajstić information content (AvgIpc) is 3.13. The number of rotatable bonds is 6. The van der Waals surface area contributed by atoms with Crippen LogP contribution in [0.2, 0.25) is 18.1 Å². The molecular weight excluding hydrogens is 572 g/mol. The molecule has 0 aliphatic carbocycles. The Kier molecular flexibility index (Phi) is 9.78. The normalized spacial score (nSPS) is 17.9. The van der Waals surface area contributed by atoms with E-state index in [1.165, 1.54) is 4.90 Å². The van der Waals surface area contributed by atoms with Crippen LogP contribution in [0.3, 0.4) is 0 Å².